The molecule has 0 heterocycles. The Morgan fingerprint density at radius 3 is 2.25 bits per heavy atom. The topological polar surface area (TPSA) is 93.5 Å². The van der Waals surface area contributed by atoms with E-state index in [-0.39, 0.29) is 5.91 Å². The zero-order valence-corrected chi connectivity index (χ0v) is 13.3. The molecule has 0 fully saturated rings. The van der Waals surface area contributed by atoms with Crippen LogP contribution in [0.25, 0.3) is 0 Å². The Hall–Kier alpha value is -3.02. The van der Waals surface area contributed by atoms with Crippen LogP contribution in [0.5, 0.6) is 5.75 Å². The normalized spacial score (nSPS) is 11.3. The maximum atomic E-state index is 12.3. The number of hydrogen-bond acceptors (Lipinski definition) is 3. The van der Waals surface area contributed by atoms with Crippen molar-refractivity contribution in [2.75, 3.05) is 13.2 Å². The molecule has 24 heavy (non-hydrogen) atoms. The Morgan fingerprint density at radius 1 is 1.00 bits per heavy atom. The van der Waals surface area contributed by atoms with Gasteiger partial charge in [0.2, 0.25) is 5.91 Å². The van der Waals surface area contributed by atoms with E-state index in [9.17, 15) is 9.59 Å². The monoisotopic (exact) mass is 327 g/mol. The Bertz CT molecular complexity index is 647. The largest absolute Gasteiger partial charge is 0.492 e. The van der Waals surface area contributed by atoms with Crippen molar-refractivity contribution < 1.29 is 14.3 Å². The van der Waals surface area contributed by atoms with Crippen LogP contribution in [-0.4, -0.2) is 31.1 Å². The first-order valence-corrected chi connectivity index (χ1v) is 7.70. The molecule has 0 saturated carbocycles. The number of rotatable bonds is 8. The van der Waals surface area contributed by atoms with Crippen LogP contribution in [0.4, 0.5) is 4.79 Å². The quantitative estimate of drug-likeness (QED) is 0.641. The van der Waals surface area contributed by atoms with E-state index in [0.717, 1.165) is 11.3 Å². The number of para-hydroxylation sites is 1. The summed E-state index contributed by atoms with van der Waals surface area (Å²) < 4.78 is 5.51. The van der Waals surface area contributed by atoms with Crippen LogP contribution in [0.3, 0.4) is 0 Å². The van der Waals surface area contributed by atoms with Gasteiger partial charge >= 0.3 is 6.03 Å². The molecule has 4 N–H and O–H groups in total. The minimum atomic E-state index is -0.730. The lowest BCUT2D eigenvalue weighted by Crippen LogP contribution is -2.50. The van der Waals surface area contributed by atoms with E-state index in [1.807, 2.05) is 60.7 Å². The fraction of sp³-hybridized carbons (Fsp3) is 0.222. The summed E-state index contributed by atoms with van der Waals surface area (Å²) in [6, 6.07) is 17.3. The van der Waals surface area contributed by atoms with Gasteiger partial charge in [0.15, 0.2) is 0 Å². The highest BCUT2D eigenvalue weighted by atomic mass is 16.5. The Kier molecular flexibility index (Phi) is 6.64. The van der Waals surface area contributed by atoms with Crippen molar-refractivity contribution in [2.24, 2.45) is 5.73 Å². The van der Waals surface area contributed by atoms with Crippen LogP contribution in [0.15, 0.2) is 60.7 Å². The van der Waals surface area contributed by atoms with Crippen LogP contribution >= 0.6 is 0 Å². The number of primary amides is 1. The summed E-state index contributed by atoms with van der Waals surface area (Å²) in [5.41, 5.74) is 6.10. The number of nitrogens with two attached hydrogens (primary N) is 1. The van der Waals surface area contributed by atoms with Gasteiger partial charge in [0.25, 0.3) is 0 Å². The minimum absolute atomic E-state index is 0.297. The first-order chi connectivity index (χ1) is 11.6. The summed E-state index contributed by atoms with van der Waals surface area (Å²) in [7, 11) is 0. The van der Waals surface area contributed by atoms with E-state index in [2.05, 4.69) is 10.6 Å². The van der Waals surface area contributed by atoms with E-state index in [0.29, 0.717) is 19.6 Å². The lowest BCUT2D eigenvalue weighted by atomic mass is 10.1. The van der Waals surface area contributed by atoms with Gasteiger partial charge in [0, 0.05) is 6.42 Å². The first-order valence-electron chi connectivity index (χ1n) is 7.70. The number of ether oxygens (including phenoxy) is 1. The predicted octanol–water partition coefficient (Wildman–Crippen LogP) is 1.46. The second kappa shape index (κ2) is 9.19. The highest BCUT2D eigenvalue weighted by Gasteiger charge is 2.19. The van der Waals surface area contributed by atoms with Gasteiger partial charge in [-0.1, -0.05) is 48.5 Å². The third kappa shape index (κ3) is 6.00. The molecule has 0 radical (unpaired) electrons. The van der Waals surface area contributed by atoms with Crippen molar-refractivity contribution in [1.29, 1.82) is 0 Å². The summed E-state index contributed by atoms with van der Waals surface area (Å²) in [6.07, 6.45) is 0.370. The molecule has 0 spiro atoms. The van der Waals surface area contributed by atoms with E-state index in [4.69, 9.17) is 10.5 Å². The minimum Gasteiger partial charge on any atom is -0.492 e. The first kappa shape index (κ1) is 17.3. The number of nitrogens with one attached hydrogen (secondary N) is 2. The number of carbonyl (C=O) groups is 2. The zero-order valence-electron chi connectivity index (χ0n) is 13.3. The van der Waals surface area contributed by atoms with Crippen molar-refractivity contribution in [3.8, 4) is 5.75 Å². The maximum absolute atomic E-state index is 12.3. The molecule has 0 aliphatic rings. The molecule has 6 nitrogen and oxygen atoms in total. The lowest BCUT2D eigenvalue weighted by Gasteiger charge is -2.17. The molecule has 6 heteroatoms. The summed E-state index contributed by atoms with van der Waals surface area (Å²) in [4.78, 5) is 23.4. The van der Waals surface area contributed by atoms with Crippen LogP contribution < -0.4 is 21.1 Å². The van der Waals surface area contributed by atoms with E-state index < -0.39 is 12.1 Å². The van der Waals surface area contributed by atoms with E-state index in [1.54, 1.807) is 0 Å². The van der Waals surface area contributed by atoms with Gasteiger partial charge in [-0.05, 0) is 17.7 Å². The predicted molar refractivity (Wildman–Crippen MR) is 91.6 cm³/mol. The molecule has 0 saturated heterocycles. The van der Waals surface area contributed by atoms with Gasteiger partial charge in [-0.3, -0.25) is 4.79 Å². The fourth-order valence-corrected chi connectivity index (χ4v) is 2.21. The van der Waals surface area contributed by atoms with Crippen LogP contribution in [0.2, 0.25) is 0 Å². The van der Waals surface area contributed by atoms with Crippen LogP contribution in [0.1, 0.15) is 5.56 Å². The third-order valence-electron chi connectivity index (χ3n) is 3.33. The molecule has 0 aromatic heterocycles. The summed E-state index contributed by atoms with van der Waals surface area (Å²) in [5, 5.41) is 5.22. The molecule has 0 bridgehead atoms. The number of carbonyl (C=O) groups excluding carboxylic acids is 2. The SMILES string of the molecule is NC(=O)NC(Cc1ccccc1)C(=O)NCCOc1ccccc1. The Balaban J connectivity index is 1.82. The van der Waals surface area contributed by atoms with Crippen LogP contribution in [0, 0.1) is 0 Å². The highest BCUT2D eigenvalue weighted by molar-refractivity contribution is 5.86. The molecular weight excluding hydrogens is 306 g/mol. The smallest absolute Gasteiger partial charge is 0.312 e. The van der Waals surface area contributed by atoms with Gasteiger partial charge in [-0.2, -0.15) is 0 Å². The molecule has 2 aromatic carbocycles. The van der Waals surface area contributed by atoms with Crippen LogP contribution in [-0.2, 0) is 11.2 Å². The molecule has 126 valence electrons. The standard InChI is InChI=1S/C18H21N3O3/c19-18(23)21-16(13-14-7-3-1-4-8-14)17(22)20-11-12-24-15-9-5-2-6-10-15/h1-10,16H,11-13H2,(H,20,22)(H3,19,21,23). The Labute approximate surface area is 141 Å². The van der Waals surface area contributed by atoms with Gasteiger partial charge < -0.3 is 21.1 Å². The number of urea groups is 1. The van der Waals surface area contributed by atoms with Crippen molar-refractivity contribution >= 4 is 11.9 Å². The van der Waals surface area contributed by atoms with Crippen molar-refractivity contribution in [2.45, 2.75) is 12.5 Å². The Morgan fingerprint density at radius 2 is 1.62 bits per heavy atom. The van der Waals surface area contributed by atoms with Gasteiger partial charge in [-0.15, -0.1) is 0 Å². The summed E-state index contributed by atoms with van der Waals surface area (Å²) in [6.45, 7) is 0.670. The van der Waals surface area contributed by atoms with Gasteiger partial charge in [0.1, 0.15) is 18.4 Å². The number of benzene rings is 2. The molecule has 1 unspecified atom stereocenters. The summed E-state index contributed by atoms with van der Waals surface area (Å²) >= 11 is 0. The number of hydrogen-bond donors (Lipinski definition) is 3. The van der Waals surface area contributed by atoms with Crippen molar-refractivity contribution in [3.63, 3.8) is 0 Å². The molecule has 3 amide bonds. The highest BCUT2D eigenvalue weighted by Crippen LogP contribution is 2.07. The maximum Gasteiger partial charge on any atom is 0.312 e. The molecule has 0 aliphatic carbocycles. The fourth-order valence-electron chi connectivity index (χ4n) is 2.21. The van der Waals surface area contributed by atoms with Gasteiger partial charge in [-0.25, -0.2) is 4.79 Å². The average Bonchev–Trinajstić information content (AvgIpc) is 2.59. The molecule has 1 atom stereocenters. The molecule has 2 rings (SSSR count). The van der Waals surface area contributed by atoms with E-state index >= 15 is 0 Å². The molecular formula is C18H21N3O3. The summed E-state index contributed by atoms with van der Waals surface area (Å²) in [5.74, 6) is 0.442. The second-order valence-corrected chi connectivity index (χ2v) is 5.20. The zero-order chi connectivity index (χ0) is 17.2. The van der Waals surface area contributed by atoms with Gasteiger partial charge in [0.05, 0.1) is 6.54 Å². The molecule has 0 aliphatic heterocycles. The van der Waals surface area contributed by atoms with Crippen molar-refractivity contribution in [1.82, 2.24) is 10.6 Å². The average molecular weight is 327 g/mol. The molecule has 2 aromatic rings. The van der Waals surface area contributed by atoms with Crippen molar-refractivity contribution in [3.05, 3.63) is 66.2 Å². The third-order valence-corrected chi connectivity index (χ3v) is 3.33. The number of amides is 3. The van der Waals surface area contributed by atoms with E-state index in [1.165, 1.54) is 0 Å². The lowest BCUT2D eigenvalue weighted by molar-refractivity contribution is -0.123. The second-order valence-electron chi connectivity index (χ2n) is 5.20.